The lowest BCUT2D eigenvalue weighted by Crippen LogP contribution is -1.95. The van der Waals surface area contributed by atoms with Gasteiger partial charge in [-0.1, -0.05) is 38.5 Å². The van der Waals surface area contributed by atoms with Crippen LogP contribution >= 0.6 is 0 Å². The summed E-state index contributed by atoms with van der Waals surface area (Å²) in [6.07, 6.45) is 13.0. The van der Waals surface area contributed by atoms with Gasteiger partial charge in [0, 0.05) is 5.71 Å². The molecular formula is C11H21N. The molecule has 1 heteroatoms. The van der Waals surface area contributed by atoms with Crippen LogP contribution in [0.3, 0.4) is 0 Å². The largest absolute Gasteiger partial charge is 0.310 e. The van der Waals surface area contributed by atoms with Crippen LogP contribution in [0.15, 0.2) is 0 Å². The average molecular weight is 167 g/mol. The SMILES string of the molecule is N=C1CCCCCCCCCC1. The third kappa shape index (κ3) is 4.53. The fraction of sp³-hybridized carbons (Fsp3) is 0.909. The number of hydrogen-bond donors (Lipinski definition) is 1. The minimum absolute atomic E-state index is 0.997. The van der Waals surface area contributed by atoms with E-state index in [-0.39, 0.29) is 0 Å². The molecule has 0 aliphatic heterocycles. The average Bonchev–Trinajstić information content (AvgIpc) is 2.11. The van der Waals surface area contributed by atoms with Crippen molar-refractivity contribution < 1.29 is 0 Å². The first kappa shape index (κ1) is 9.76. The second-order valence-electron chi connectivity index (χ2n) is 3.93. The molecule has 0 spiro atoms. The molecule has 0 aromatic rings. The van der Waals surface area contributed by atoms with Crippen LogP contribution in [0.4, 0.5) is 0 Å². The molecule has 1 fully saturated rings. The predicted molar refractivity (Wildman–Crippen MR) is 53.9 cm³/mol. The highest BCUT2D eigenvalue weighted by Gasteiger charge is 2.00. The van der Waals surface area contributed by atoms with Crippen LogP contribution in [0.1, 0.15) is 64.2 Å². The Morgan fingerprint density at radius 3 is 1.33 bits per heavy atom. The molecule has 0 aromatic heterocycles. The summed E-state index contributed by atoms with van der Waals surface area (Å²) >= 11 is 0. The summed E-state index contributed by atoms with van der Waals surface area (Å²) in [5.41, 5.74) is 0.997. The van der Waals surface area contributed by atoms with Crippen LogP contribution in [0, 0.1) is 5.41 Å². The van der Waals surface area contributed by atoms with Gasteiger partial charge in [0.2, 0.25) is 0 Å². The van der Waals surface area contributed by atoms with E-state index in [9.17, 15) is 0 Å². The highest BCUT2D eigenvalue weighted by Crippen LogP contribution is 2.14. The minimum Gasteiger partial charge on any atom is -0.310 e. The van der Waals surface area contributed by atoms with E-state index < -0.39 is 0 Å². The van der Waals surface area contributed by atoms with Crippen LogP contribution in [-0.4, -0.2) is 5.71 Å². The lowest BCUT2D eigenvalue weighted by molar-refractivity contribution is 0.585. The van der Waals surface area contributed by atoms with Gasteiger partial charge in [0.15, 0.2) is 0 Å². The van der Waals surface area contributed by atoms with Gasteiger partial charge in [0.25, 0.3) is 0 Å². The topological polar surface area (TPSA) is 23.9 Å². The second-order valence-corrected chi connectivity index (χ2v) is 3.93. The van der Waals surface area contributed by atoms with Gasteiger partial charge in [-0.25, -0.2) is 0 Å². The van der Waals surface area contributed by atoms with Crippen molar-refractivity contribution in [1.82, 2.24) is 0 Å². The molecule has 0 aromatic carbocycles. The fourth-order valence-electron chi connectivity index (χ4n) is 1.86. The Morgan fingerprint density at radius 1 is 0.583 bits per heavy atom. The molecule has 0 unspecified atom stereocenters. The Labute approximate surface area is 76.1 Å². The molecule has 1 aliphatic rings. The first-order valence-corrected chi connectivity index (χ1v) is 5.46. The molecular weight excluding hydrogens is 146 g/mol. The van der Waals surface area contributed by atoms with E-state index in [4.69, 9.17) is 5.41 Å². The molecule has 12 heavy (non-hydrogen) atoms. The summed E-state index contributed by atoms with van der Waals surface area (Å²) in [4.78, 5) is 0. The molecule has 1 aliphatic carbocycles. The minimum atomic E-state index is 0.997. The monoisotopic (exact) mass is 167 g/mol. The Balaban J connectivity index is 2.17. The molecule has 1 N–H and O–H groups in total. The highest BCUT2D eigenvalue weighted by molar-refractivity contribution is 5.81. The summed E-state index contributed by atoms with van der Waals surface area (Å²) < 4.78 is 0. The molecule has 0 bridgehead atoms. The standard InChI is InChI=1S/C11H21N/c12-11-9-7-5-3-1-2-4-6-8-10-11/h12H,1-10H2. The van der Waals surface area contributed by atoms with Gasteiger partial charge in [-0.3, -0.25) is 0 Å². The molecule has 0 radical (unpaired) electrons. The van der Waals surface area contributed by atoms with Gasteiger partial charge in [0.1, 0.15) is 0 Å². The van der Waals surface area contributed by atoms with Gasteiger partial charge in [-0.15, -0.1) is 0 Å². The Bertz CT molecular complexity index is 115. The Morgan fingerprint density at radius 2 is 0.917 bits per heavy atom. The maximum absolute atomic E-state index is 7.67. The van der Waals surface area contributed by atoms with Crippen LogP contribution < -0.4 is 0 Å². The lowest BCUT2D eigenvalue weighted by Gasteiger charge is -2.00. The normalized spacial score (nSPS) is 23.2. The van der Waals surface area contributed by atoms with Gasteiger partial charge in [-0.05, 0) is 25.7 Å². The zero-order valence-corrected chi connectivity index (χ0v) is 8.07. The number of nitrogens with one attached hydrogen (secondary N) is 1. The maximum Gasteiger partial charge on any atom is 0.00891 e. The fourth-order valence-corrected chi connectivity index (χ4v) is 1.86. The maximum atomic E-state index is 7.67. The summed E-state index contributed by atoms with van der Waals surface area (Å²) in [5, 5.41) is 7.67. The predicted octanol–water partition coefficient (Wildman–Crippen LogP) is 3.92. The Hall–Kier alpha value is -0.330. The van der Waals surface area contributed by atoms with Crippen molar-refractivity contribution in [3.05, 3.63) is 0 Å². The summed E-state index contributed by atoms with van der Waals surface area (Å²) in [5.74, 6) is 0. The second kappa shape index (κ2) is 6.22. The van der Waals surface area contributed by atoms with E-state index in [0.29, 0.717) is 0 Å². The van der Waals surface area contributed by atoms with Crippen molar-refractivity contribution in [3.63, 3.8) is 0 Å². The van der Waals surface area contributed by atoms with Crippen LogP contribution in [-0.2, 0) is 0 Å². The van der Waals surface area contributed by atoms with Crippen molar-refractivity contribution in [2.75, 3.05) is 0 Å². The molecule has 70 valence electrons. The molecule has 0 saturated heterocycles. The zero-order chi connectivity index (χ0) is 8.65. The molecule has 0 heterocycles. The Kier molecular flexibility index (Phi) is 5.05. The van der Waals surface area contributed by atoms with Crippen LogP contribution in [0.25, 0.3) is 0 Å². The summed E-state index contributed by atoms with van der Waals surface area (Å²) in [6.45, 7) is 0. The summed E-state index contributed by atoms with van der Waals surface area (Å²) in [6, 6.07) is 0. The van der Waals surface area contributed by atoms with E-state index in [1.54, 1.807) is 0 Å². The molecule has 1 nitrogen and oxygen atoms in total. The van der Waals surface area contributed by atoms with Crippen LogP contribution in [0.2, 0.25) is 0 Å². The number of hydrogen-bond acceptors (Lipinski definition) is 1. The first-order chi connectivity index (χ1) is 5.89. The zero-order valence-electron chi connectivity index (χ0n) is 8.07. The highest BCUT2D eigenvalue weighted by atomic mass is 14.4. The van der Waals surface area contributed by atoms with E-state index in [2.05, 4.69) is 0 Å². The van der Waals surface area contributed by atoms with E-state index in [0.717, 1.165) is 18.6 Å². The van der Waals surface area contributed by atoms with Gasteiger partial charge in [0.05, 0.1) is 0 Å². The third-order valence-electron chi connectivity index (χ3n) is 2.71. The van der Waals surface area contributed by atoms with Crippen molar-refractivity contribution in [1.29, 1.82) is 5.41 Å². The molecule has 0 amide bonds. The van der Waals surface area contributed by atoms with Crippen molar-refractivity contribution in [2.45, 2.75) is 64.2 Å². The lowest BCUT2D eigenvalue weighted by atomic mass is 10.1. The molecule has 1 saturated carbocycles. The number of rotatable bonds is 0. The van der Waals surface area contributed by atoms with Gasteiger partial charge in [-0.2, -0.15) is 0 Å². The van der Waals surface area contributed by atoms with E-state index in [1.165, 1.54) is 51.4 Å². The molecule has 1 rings (SSSR count). The smallest absolute Gasteiger partial charge is 0.00891 e. The van der Waals surface area contributed by atoms with Crippen molar-refractivity contribution >= 4 is 5.71 Å². The first-order valence-electron chi connectivity index (χ1n) is 5.46. The van der Waals surface area contributed by atoms with Crippen LogP contribution in [0.5, 0.6) is 0 Å². The van der Waals surface area contributed by atoms with Crippen molar-refractivity contribution in [3.8, 4) is 0 Å². The van der Waals surface area contributed by atoms with E-state index in [1.807, 2.05) is 0 Å². The van der Waals surface area contributed by atoms with Gasteiger partial charge < -0.3 is 5.41 Å². The van der Waals surface area contributed by atoms with Crippen molar-refractivity contribution in [2.24, 2.45) is 0 Å². The van der Waals surface area contributed by atoms with Gasteiger partial charge >= 0.3 is 0 Å². The van der Waals surface area contributed by atoms with E-state index >= 15 is 0 Å². The third-order valence-corrected chi connectivity index (χ3v) is 2.71. The quantitative estimate of drug-likeness (QED) is 0.565. The molecule has 0 atom stereocenters. The summed E-state index contributed by atoms with van der Waals surface area (Å²) in [7, 11) is 0.